The average Bonchev–Trinajstić information content (AvgIpc) is 3.17. The van der Waals surface area contributed by atoms with Crippen molar-refractivity contribution < 1.29 is 13.9 Å². The van der Waals surface area contributed by atoms with Gasteiger partial charge in [-0.3, -0.25) is 4.79 Å². The molecule has 0 spiro atoms. The van der Waals surface area contributed by atoms with Gasteiger partial charge in [-0.05, 0) is 68.8 Å². The predicted molar refractivity (Wildman–Crippen MR) is 122 cm³/mol. The lowest BCUT2D eigenvalue weighted by Gasteiger charge is -2.10. The highest BCUT2D eigenvalue weighted by atomic mass is 19.1. The van der Waals surface area contributed by atoms with Crippen molar-refractivity contribution in [2.24, 2.45) is 0 Å². The van der Waals surface area contributed by atoms with Crippen molar-refractivity contribution in [3.63, 3.8) is 0 Å². The normalized spacial score (nSPS) is 10.9. The second-order valence-electron chi connectivity index (χ2n) is 7.62. The van der Waals surface area contributed by atoms with Crippen molar-refractivity contribution in [1.29, 1.82) is 0 Å². The molecule has 3 aromatic carbocycles. The number of ether oxygens (including phenoxy) is 1. The fourth-order valence-electron chi connectivity index (χ4n) is 3.25. The molecule has 0 unspecified atom stereocenters. The first-order chi connectivity index (χ1) is 15.4. The number of aromatic nitrogens is 3. The highest BCUT2D eigenvalue weighted by Gasteiger charge is 2.17. The summed E-state index contributed by atoms with van der Waals surface area (Å²) >= 11 is 0. The number of amides is 1. The lowest BCUT2D eigenvalue weighted by atomic mass is 10.1. The van der Waals surface area contributed by atoms with E-state index in [-0.39, 0.29) is 17.6 Å². The first-order valence-electron chi connectivity index (χ1n) is 10.3. The number of nitrogens with one attached hydrogen (secondary N) is 1. The van der Waals surface area contributed by atoms with E-state index < -0.39 is 5.82 Å². The molecule has 1 aromatic heterocycles. The van der Waals surface area contributed by atoms with Gasteiger partial charge in [0.25, 0.3) is 5.91 Å². The smallest absolute Gasteiger partial charge is 0.336 e. The predicted octanol–water partition coefficient (Wildman–Crippen LogP) is 5.42. The van der Waals surface area contributed by atoms with E-state index in [4.69, 9.17) is 4.74 Å². The summed E-state index contributed by atoms with van der Waals surface area (Å²) in [7, 11) is 0. The number of carbonyl (C=O) groups is 1. The maximum absolute atomic E-state index is 13.4. The maximum Gasteiger partial charge on any atom is 0.336 e. The largest absolute Gasteiger partial charge is 0.460 e. The molecule has 0 bridgehead atoms. The van der Waals surface area contributed by atoms with Crippen LogP contribution in [0.25, 0.3) is 17.1 Å². The van der Waals surface area contributed by atoms with Crippen LogP contribution >= 0.6 is 0 Å². The van der Waals surface area contributed by atoms with Crippen LogP contribution in [0.15, 0.2) is 72.8 Å². The van der Waals surface area contributed by atoms with Crippen LogP contribution in [-0.2, 0) is 0 Å². The molecule has 0 saturated heterocycles. The molecule has 4 aromatic rings. The van der Waals surface area contributed by atoms with Crippen molar-refractivity contribution >= 4 is 11.6 Å². The summed E-state index contributed by atoms with van der Waals surface area (Å²) < 4.78 is 20.8. The van der Waals surface area contributed by atoms with Gasteiger partial charge in [0, 0.05) is 16.8 Å². The molecule has 162 valence electrons. The fraction of sp³-hybridized carbons (Fsp3) is 0.160. The molecule has 0 radical (unpaired) electrons. The Balaban J connectivity index is 1.64. The molecule has 0 aliphatic heterocycles. The van der Waals surface area contributed by atoms with E-state index in [2.05, 4.69) is 15.4 Å². The lowest BCUT2D eigenvalue weighted by molar-refractivity contribution is 0.102. The SMILES string of the molecule is Cc1ccccc1-c1nc(OC(C)C)nn1-c1ccc(NC(=O)c2cccc(F)c2)cc1. The van der Waals surface area contributed by atoms with Crippen LogP contribution in [0.4, 0.5) is 10.1 Å². The molecule has 1 N–H and O–H groups in total. The number of aryl methyl sites for hydroxylation is 1. The Morgan fingerprint density at radius 2 is 1.78 bits per heavy atom. The van der Waals surface area contributed by atoms with E-state index >= 15 is 0 Å². The molecule has 32 heavy (non-hydrogen) atoms. The van der Waals surface area contributed by atoms with Gasteiger partial charge in [0.15, 0.2) is 5.82 Å². The zero-order valence-electron chi connectivity index (χ0n) is 18.0. The molecule has 0 atom stereocenters. The van der Waals surface area contributed by atoms with Gasteiger partial charge in [0.1, 0.15) is 5.82 Å². The van der Waals surface area contributed by atoms with Crippen molar-refractivity contribution in [3.8, 4) is 23.1 Å². The summed E-state index contributed by atoms with van der Waals surface area (Å²) in [5.74, 6) is -0.177. The Hall–Kier alpha value is -4.00. The first-order valence-corrected chi connectivity index (χ1v) is 10.3. The molecule has 7 heteroatoms. The molecule has 1 amide bonds. The number of rotatable bonds is 6. The molecule has 0 fully saturated rings. The molecule has 0 saturated carbocycles. The van der Waals surface area contributed by atoms with Gasteiger partial charge in [-0.1, -0.05) is 30.3 Å². The third-order valence-electron chi connectivity index (χ3n) is 4.77. The number of carbonyl (C=O) groups excluding carboxylic acids is 1. The molecule has 1 heterocycles. The second kappa shape index (κ2) is 9.01. The average molecular weight is 430 g/mol. The van der Waals surface area contributed by atoms with Gasteiger partial charge in [-0.2, -0.15) is 4.98 Å². The van der Waals surface area contributed by atoms with Crippen molar-refractivity contribution in [2.75, 3.05) is 5.32 Å². The van der Waals surface area contributed by atoms with Crippen LogP contribution in [0.5, 0.6) is 6.01 Å². The van der Waals surface area contributed by atoms with E-state index in [0.29, 0.717) is 17.5 Å². The highest BCUT2D eigenvalue weighted by molar-refractivity contribution is 6.04. The van der Waals surface area contributed by atoms with Crippen molar-refractivity contribution in [1.82, 2.24) is 14.8 Å². The maximum atomic E-state index is 13.4. The minimum absolute atomic E-state index is 0.0593. The zero-order chi connectivity index (χ0) is 22.7. The monoisotopic (exact) mass is 430 g/mol. The van der Waals surface area contributed by atoms with Crippen molar-refractivity contribution in [2.45, 2.75) is 26.9 Å². The Morgan fingerprint density at radius 1 is 1.03 bits per heavy atom. The third-order valence-corrected chi connectivity index (χ3v) is 4.77. The number of nitrogens with zero attached hydrogens (tertiary/aromatic N) is 3. The molecule has 4 rings (SSSR count). The Kier molecular flexibility index (Phi) is 5.98. The first kappa shape index (κ1) is 21.2. The van der Waals surface area contributed by atoms with Crippen molar-refractivity contribution in [3.05, 3.63) is 89.7 Å². The highest BCUT2D eigenvalue weighted by Crippen LogP contribution is 2.27. The number of hydrogen-bond acceptors (Lipinski definition) is 4. The lowest BCUT2D eigenvalue weighted by Crippen LogP contribution is -2.12. The Labute approximate surface area is 185 Å². The fourth-order valence-corrected chi connectivity index (χ4v) is 3.25. The molecular weight excluding hydrogens is 407 g/mol. The van der Waals surface area contributed by atoms with Gasteiger partial charge in [0.2, 0.25) is 0 Å². The summed E-state index contributed by atoms with van der Waals surface area (Å²) in [6.45, 7) is 5.86. The van der Waals surface area contributed by atoms with E-state index in [9.17, 15) is 9.18 Å². The number of halogens is 1. The standard InChI is InChI=1S/C25H23FN4O2/c1-16(2)32-25-28-23(22-10-5-4-7-17(22)3)30(29-25)21-13-11-20(12-14-21)27-24(31)18-8-6-9-19(26)15-18/h4-16H,1-3H3,(H,27,31). The summed E-state index contributed by atoms with van der Waals surface area (Å²) in [6.07, 6.45) is -0.0593. The van der Waals surface area contributed by atoms with Gasteiger partial charge in [-0.25, -0.2) is 9.07 Å². The third kappa shape index (κ3) is 4.67. The van der Waals surface area contributed by atoms with Gasteiger partial charge >= 0.3 is 6.01 Å². The van der Waals surface area contributed by atoms with E-state index in [1.807, 2.05) is 57.2 Å². The van der Waals surface area contributed by atoms with Gasteiger partial charge in [0.05, 0.1) is 11.8 Å². The van der Waals surface area contributed by atoms with Crippen LogP contribution in [0, 0.1) is 12.7 Å². The molecular formula is C25H23FN4O2. The zero-order valence-corrected chi connectivity index (χ0v) is 18.0. The topological polar surface area (TPSA) is 69.0 Å². The number of benzene rings is 3. The summed E-state index contributed by atoms with van der Waals surface area (Å²) in [4.78, 5) is 17.0. The van der Waals surface area contributed by atoms with Crippen LogP contribution < -0.4 is 10.1 Å². The van der Waals surface area contributed by atoms with Gasteiger partial charge in [-0.15, -0.1) is 5.10 Å². The van der Waals surface area contributed by atoms with Crippen LogP contribution in [0.2, 0.25) is 0 Å². The quantitative estimate of drug-likeness (QED) is 0.443. The van der Waals surface area contributed by atoms with E-state index in [1.165, 1.54) is 18.2 Å². The minimum Gasteiger partial charge on any atom is -0.460 e. The molecule has 0 aliphatic carbocycles. The Bertz CT molecular complexity index is 1250. The summed E-state index contributed by atoms with van der Waals surface area (Å²) in [5.41, 5.74) is 3.61. The summed E-state index contributed by atoms with van der Waals surface area (Å²) in [6, 6.07) is 21.0. The Morgan fingerprint density at radius 3 is 2.47 bits per heavy atom. The summed E-state index contributed by atoms with van der Waals surface area (Å²) in [5, 5.41) is 7.32. The van der Waals surface area contributed by atoms with E-state index in [1.54, 1.807) is 22.9 Å². The number of anilines is 1. The molecule has 6 nitrogen and oxygen atoms in total. The number of hydrogen-bond donors (Lipinski definition) is 1. The van der Waals surface area contributed by atoms with E-state index in [0.717, 1.165) is 16.8 Å². The van der Waals surface area contributed by atoms with Crippen LogP contribution in [0.3, 0.4) is 0 Å². The van der Waals surface area contributed by atoms with Crippen LogP contribution in [0.1, 0.15) is 29.8 Å². The van der Waals surface area contributed by atoms with Gasteiger partial charge < -0.3 is 10.1 Å². The molecule has 0 aliphatic rings. The van der Waals surface area contributed by atoms with Crippen LogP contribution in [-0.4, -0.2) is 26.8 Å². The minimum atomic E-state index is -0.456. The second-order valence-corrected chi connectivity index (χ2v) is 7.62.